The van der Waals surface area contributed by atoms with Crippen molar-refractivity contribution in [3.8, 4) is 17.2 Å². The summed E-state index contributed by atoms with van der Waals surface area (Å²) in [7, 11) is 0. The summed E-state index contributed by atoms with van der Waals surface area (Å²) in [5.41, 5.74) is 1.59. The van der Waals surface area contributed by atoms with Crippen LogP contribution in [0.3, 0.4) is 0 Å². The SMILES string of the molecule is CC(C)OCC(O)c1c(F)cncc1-c1ccc(C#N)c(Cl)c1.CC(C)OCC(O)c1c(F)cncc1Br.CC(C)OCC=O.CCOC(CBr)OCC. The molecule has 3 rings (SSSR count). The topological polar surface area (TPSA) is 153 Å². The van der Waals surface area contributed by atoms with Gasteiger partial charge in [0.1, 0.15) is 42.8 Å². The zero-order valence-electron chi connectivity index (χ0n) is 31.9. The van der Waals surface area contributed by atoms with E-state index in [0.29, 0.717) is 34.4 Å². The quantitative estimate of drug-likeness (QED) is 0.0760. The van der Waals surface area contributed by atoms with Crippen molar-refractivity contribution in [2.75, 3.05) is 38.4 Å². The number of ether oxygens (including phenoxy) is 5. The van der Waals surface area contributed by atoms with Crippen LogP contribution in [-0.2, 0) is 28.5 Å². The molecule has 2 atom stereocenters. The number of aliphatic hydroxyl groups excluding tert-OH is 2. The predicted molar refractivity (Wildman–Crippen MR) is 211 cm³/mol. The highest BCUT2D eigenvalue weighted by atomic mass is 79.9. The molecule has 0 spiro atoms. The van der Waals surface area contributed by atoms with E-state index in [1.54, 1.807) is 18.2 Å². The maximum atomic E-state index is 14.2. The first-order valence-electron chi connectivity index (χ1n) is 17.1. The molecule has 3 aromatic rings. The third kappa shape index (κ3) is 21.0. The fourth-order valence-corrected chi connectivity index (χ4v) is 5.17. The number of carbonyl (C=O) groups excluding carboxylic acids is 1. The van der Waals surface area contributed by atoms with Crippen LogP contribution in [0, 0.1) is 23.0 Å². The van der Waals surface area contributed by atoms with Crippen molar-refractivity contribution in [3.05, 3.63) is 80.8 Å². The second-order valence-corrected chi connectivity index (χ2v) is 13.7. The average Bonchev–Trinajstić information content (AvgIpc) is 3.12. The number of nitrogens with zero attached hydrogens (tertiary/aromatic N) is 3. The summed E-state index contributed by atoms with van der Waals surface area (Å²) < 4.78 is 53.7. The minimum Gasteiger partial charge on any atom is -0.386 e. The number of alkyl halides is 1. The molecular formula is C38H52Br2ClF2N3O8. The average molecular weight is 912 g/mol. The van der Waals surface area contributed by atoms with Crippen molar-refractivity contribution < 1.29 is 47.5 Å². The largest absolute Gasteiger partial charge is 0.386 e. The smallest absolute Gasteiger partial charge is 0.167 e. The number of nitriles is 1. The molecule has 302 valence electrons. The Morgan fingerprint density at radius 2 is 1.33 bits per heavy atom. The Morgan fingerprint density at radius 1 is 0.833 bits per heavy atom. The van der Waals surface area contributed by atoms with Gasteiger partial charge in [0.15, 0.2) is 6.29 Å². The number of benzene rings is 1. The van der Waals surface area contributed by atoms with Gasteiger partial charge in [-0.05, 0) is 89.0 Å². The number of halogens is 5. The summed E-state index contributed by atoms with van der Waals surface area (Å²) >= 11 is 12.4. The van der Waals surface area contributed by atoms with Crippen LogP contribution in [0.1, 0.15) is 84.3 Å². The Balaban J connectivity index is 0.000000776. The van der Waals surface area contributed by atoms with Crippen LogP contribution in [0.4, 0.5) is 8.78 Å². The van der Waals surface area contributed by atoms with Gasteiger partial charge < -0.3 is 38.7 Å². The number of aldehydes is 1. The van der Waals surface area contributed by atoms with Crippen molar-refractivity contribution in [2.45, 2.75) is 92.2 Å². The number of hydrogen-bond acceptors (Lipinski definition) is 11. The van der Waals surface area contributed by atoms with Crippen molar-refractivity contribution >= 4 is 49.7 Å². The molecule has 16 heteroatoms. The maximum absolute atomic E-state index is 14.2. The van der Waals surface area contributed by atoms with Crippen molar-refractivity contribution in [3.63, 3.8) is 0 Å². The number of rotatable bonds is 17. The Hall–Kier alpha value is -2.49. The van der Waals surface area contributed by atoms with Gasteiger partial charge in [0.2, 0.25) is 0 Å². The highest BCUT2D eigenvalue weighted by Gasteiger charge is 2.21. The lowest BCUT2D eigenvalue weighted by Crippen LogP contribution is -2.18. The van der Waals surface area contributed by atoms with E-state index in [-0.39, 0.29) is 60.6 Å². The van der Waals surface area contributed by atoms with Crippen molar-refractivity contribution in [2.24, 2.45) is 0 Å². The summed E-state index contributed by atoms with van der Waals surface area (Å²) in [6, 6.07) is 6.70. The third-order valence-electron chi connectivity index (χ3n) is 6.40. The van der Waals surface area contributed by atoms with Crippen LogP contribution in [0.25, 0.3) is 11.1 Å². The fourth-order valence-electron chi connectivity index (χ4n) is 4.00. The Kier molecular flexibility index (Phi) is 28.4. The molecule has 0 saturated carbocycles. The highest BCUT2D eigenvalue weighted by molar-refractivity contribution is 9.10. The molecule has 0 radical (unpaired) electrons. The molecule has 0 aliphatic rings. The lowest BCUT2D eigenvalue weighted by molar-refractivity contribution is -0.119. The molecule has 1 aromatic carbocycles. The maximum Gasteiger partial charge on any atom is 0.167 e. The summed E-state index contributed by atoms with van der Waals surface area (Å²) in [6.45, 7) is 16.7. The van der Waals surface area contributed by atoms with Crippen LogP contribution < -0.4 is 0 Å². The van der Waals surface area contributed by atoms with Crippen LogP contribution in [0.2, 0.25) is 5.02 Å². The molecule has 2 aromatic heterocycles. The zero-order valence-corrected chi connectivity index (χ0v) is 35.8. The number of aromatic nitrogens is 2. The molecule has 2 N–H and O–H groups in total. The van der Waals surface area contributed by atoms with Crippen molar-refractivity contribution in [1.82, 2.24) is 9.97 Å². The first-order chi connectivity index (χ1) is 25.6. The summed E-state index contributed by atoms with van der Waals surface area (Å²) in [4.78, 5) is 17.1. The first-order valence-corrected chi connectivity index (χ1v) is 19.4. The predicted octanol–water partition coefficient (Wildman–Crippen LogP) is 8.70. The number of hydrogen-bond donors (Lipinski definition) is 2. The van der Waals surface area contributed by atoms with E-state index in [1.165, 1.54) is 12.4 Å². The minimum atomic E-state index is -1.13. The Labute approximate surface area is 339 Å². The highest BCUT2D eigenvalue weighted by Crippen LogP contribution is 2.32. The molecular weight excluding hydrogens is 860 g/mol. The minimum absolute atomic E-state index is 0.00308. The van der Waals surface area contributed by atoms with Crippen molar-refractivity contribution in [1.29, 1.82) is 5.26 Å². The molecule has 0 aliphatic carbocycles. The standard InChI is InChI=1S/C17H16ClFN2O2.C10H13BrFNO2.C6H13BrO2.C5H10O2/c1-10(2)23-9-16(22)17-13(7-21-8-15(17)19)11-3-4-12(6-20)14(18)5-11;1-6(2)15-5-9(14)10-7(11)3-13-4-8(10)12;1-3-8-6(5-7)9-4-2;1-5(2)7-4-3-6/h3-5,7-8,10,16,22H,9H2,1-2H3;3-4,6,9,14H,5H2,1-2H3;6H,3-5H2,1-2H3;3,5H,4H2,1-2H3. The molecule has 2 heterocycles. The molecule has 54 heavy (non-hydrogen) atoms. The van der Waals surface area contributed by atoms with Gasteiger partial charge in [0.25, 0.3) is 0 Å². The third-order valence-corrected chi connectivity index (χ3v) is 7.87. The van der Waals surface area contributed by atoms with E-state index >= 15 is 0 Å². The molecule has 0 bridgehead atoms. The molecule has 0 fully saturated rings. The number of aliphatic hydroxyl groups is 2. The number of carbonyl (C=O) groups is 1. The van der Waals surface area contributed by atoms with Gasteiger partial charge in [0.05, 0.1) is 59.8 Å². The van der Waals surface area contributed by atoms with Crippen LogP contribution in [0.5, 0.6) is 0 Å². The van der Waals surface area contributed by atoms with Crippen LogP contribution in [0.15, 0.2) is 47.5 Å². The monoisotopic (exact) mass is 909 g/mol. The van der Waals surface area contributed by atoms with E-state index < -0.39 is 23.8 Å². The molecule has 11 nitrogen and oxygen atoms in total. The van der Waals surface area contributed by atoms with E-state index in [9.17, 15) is 23.8 Å². The van der Waals surface area contributed by atoms with E-state index in [4.69, 9.17) is 40.5 Å². The van der Waals surface area contributed by atoms with Gasteiger partial charge in [-0.2, -0.15) is 5.26 Å². The summed E-state index contributed by atoms with van der Waals surface area (Å²) in [5.74, 6) is -1.16. The molecule has 0 amide bonds. The Bertz CT molecular complexity index is 1510. The van der Waals surface area contributed by atoms with Gasteiger partial charge >= 0.3 is 0 Å². The summed E-state index contributed by atoms with van der Waals surface area (Å²) in [5, 5.41) is 29.9. The number of pyridine rings is 2. The zero-order chi connectivity index (χ0) is 41.2. The normalized spacial score (nSPS) is 11.9. The van der Waals surface area contributed by atoms with E-state index in [1.807, 2.05) is 61.5 Å². The Morgan fingerprint density at radius 3 is 1.74 bits per heavy atom. The van der Waals surface area contributed by atoms with Gasteiger partial charge in [-0.3, -0.25) is 9.97 Å². The molecule has 0 aliphatic heterocycles. The van der Waals surface area contributed by atoms with E-state index in [0.717, 1.165) is 24.0 Å². The van der Waals surface area contributed by atoms with Gasteiger partial charge in [-0.15, -0.1) is 0 Å². The lowest BCUT2D eigenvalue weighted by Gasteiger charge is -2.18. The van der Waals surface area contributed by atoms with Gasteiger partial charge in [-0.1, -0.05) is 33.6 Å². The van der Waals surface area contributed by atoms with Crippen LogP contribution >= 0.6 is 43.5 Å². The molecule has 0 saturated heterocycles. The first kappa shape index (κ1) is 51.5. The molecule has 2 unspecified atom stereocenters. The lowest BCUT2D eigenvalue weighted by atomic mass is 9.97. The second-order valence-electron chi connectivity index (χ2n) is 11.7. The van der Waals surface area contributed by atoms with Crippen LogP contribution in [-0.4, -0.2) is 89.4 Å². The van der Waals surface area contributed by atoms with Gasteiger partial charge in [-0.25, -0.2) is 8.78 Å². The van der Waals surface area contributed by atoms with E-state index in [2.05, 4.69) is 41.8 Å². The van der Waals surface area contributed by atoms with Gasteiger partial charge in [0, 0.05) is 46.8 Å². The summed E-state index contributed by atoms with van der Waals surface area (Å²) in [6.07, 6.45) is 3.66. The fraction of sp³-hybridized carbons (Fsp3) is 0.526. The second kappa shape index (κ2) is 29.8.